The third kappa shape index (κ3) is 1.44. The molecule has 58 valence electrons. The van der Waals surface area contributed by atoms with Gasteiger partial charge in [0.15, 0.2) is 5.82 Å². The maximum absolute atomic E-state index is 10.6. The van der Waals surface area contributed by atoms with Crippen molar-refractivity contribution in [2.75, 3.05) is 5.48 Å². The quantitative estimate of drug-likeness (QED) is 0.521. The zero-order valence-corrected chi connectivity index (χ0v) is 5.61. The Balaban J connectivity index is 3.12. The standard InChI is InChI=1S/C6H7N3O2/c7-5(10)4-2-1-3-8-6(4)9-11/h1-3,11H,(H2,7,10)(H,8,9). The van der Waals surface area contributed by atoms with Crippen LogP contribution in [0.25, 0.3) is 0 Å². The first kappa shape index (κ1) is 7.49. The fourth-order valence-electron chi connectivity index (χ4n) is 0.693. The number of aromatic nitrogens is 1. The number of carbonyl (C=O) groups is 1. The molecule has 1 rings (SSSR count). The lowest BCUT2D eigenvalue weighted by molar-refractivity contribution is 0.1000. The summed E-state index contributed by atoms with van der Waals surface area (Å²) in [5, 5.41) is 8.45. The molecule has 0 bridgehead atoms. The van der Waals surface area contributed by atoms with Gasteiger partial charge in [-0.25, -0.2) is 4.98 Å². The van der Waals surface area contributed by atoms with Crippen LogP contribution in [0.1, 0.15) is 10.4 Å². The van der Waals surface area contributed by atoms with Crippen molar-refractivity contribution in [1.82, 2.24) is 4.98 Å². The van der Waals surface area contributed by atoms with E-state index in [2.05, 4.69) is 4.98 Å². The maximum atomic E-state index is 10.6. The minimum absolute atomic E-state index is 0.0694. The third-order valence-electron chi connectivity index (χ3n) is 1.18. The summed E-state index contributed by atoms with van der Waals surface area (Å²) in [5.41, 5.74) is 6.89. The molecule has 0 radical (unpaired) electrons. The van der Waals surface area contributed by atoms with Crippen LogP contribution in [-0.4, -0.2) is 16.1 Å². The molecule has 0 atom stereocenters. The van der Waals surface area contributed by atoms with Gasteiger partial charge in [-0.05, 0) is 12.1 Å². The van der Waals surface area contributed by atoms with Gasteiger partial charge in [0.05, 0.1) is 5.56 Å². The molecule has 11 heavy (non-hydrogen) atoms. The Hall–Kier alpha value is -1.62. The minimum atomic E-state index is -0.630. The first-order valence-electron chi connectivity index (χ1n) is 2.90. The smallest absolute Gasteiger partial charge is 0.252 e. The number of nitrogens with one attached hydrogen (secondary N) is 1. The van der Waals surface area contributed by atoms with Crippen molar-refractivity contribution in [2.45, 2.75) is 0 Å². The van der Waals surface area contributed by atoms with Gasteiger partial charge in [-0.2, -0.15) is 0 Å². The van der Waals surface area contributed by atoms with E-state index in [1.165, 1.54) is 12.3 Å². The van der Waals surface area contributed by atoms with Crippen molar-refractivity contribution in [3.63, 3.8) is 0 Å². The Morgan fingerprint density at radius 2 is 2.45 bits per heavy atom. The number of carbonyl (C=O) groups excluding carboxylic acids is 1. The summed E-state index contributed by atoms with van der Waals surface area (Å²) < 4.78 is 0. The van der Waals surface area contributed by atoms with Crippen LogP contribution >= 0.6 is 0 Å². The van der Waals surface area contributed by atoms with E-state index in [0.717, 1.165) is 0 Å². The molecule has 0 fully saturated rings. The zero-order chi connectivity index (χ0) is 8.27. The fourth-order valence-corrected chi connectivity index (χ4v) is 0.693. The lowest BCUT2D eigenvalue weighted by Gasteiger charge is -2.00. The molecular formula is C6H7N3O2. The highest BCUT2D eigenvalue weighted by Crippen LogP contribution is 2.08. The molecule has 0 spiro atoms. The van der Waals surface area contributed by atoms with Gasteiger partial charge in [0.1, 0.15) is 0 Å². The van der Waals surface area contributed by atoms with Crippen LogP contribution in [0.2, 0.25) is 0 Å². The second kappa shape index (κ2) is 2.98. The van der Waals surface area contributed by atoms with Gasteiger partial charge < -0.3 is 5.73 Å². The number of hydrogen-bond acceptors (Lipinski definition) is 4. The van der Waals surface area contributed by atoms with Gasteiger partial charge in [0, 0.05) is 6.20 Å². The van der Waals surface area contributed by atoms with Crippen molar-refractivity contribution in [1.29, 1.82) is 0 Å². The average molecular weight is 153 g/mol. The maximum Gasteiger partial charge on any atom is 0.252 e. The van der Waals surface area contributed by atoms with Gasteiger partial charge in [-0.3, -0.25) is 15.5 Å². The van der Waals surface area contributed by atoms with Crippen molar-refractivity contribution in [2.24, 2.45) is 5.73 Å². The summed E-state index contributed by atoms with van der Waals surface area (Å²) in [6, 6.07) is 3.02. The molecule has 0 aliphatic heterocycles. The molecular weight excluding hydrogens is 146 g/mol. The van der Waals surface area contributed by atoms with Crippen LogP contribution in [0.15, 0.2) is 18.3 Å². The van der Waals surface area contributed by atoms with Crippen LogP contribution in [0.4, 0.5) is 5.82 Å². The first-order chi connectivity index (χ1) is 5.25. The highest BCUT2D eigenvalue weighted by molar-refractivity contribution is 5.97. The predicted octanol–water partition coefficient (Wildman–Crippen LogP) is -0.0184. The molecule has 1 aromatic heterocycles. The summed E-state index contributed by atoms with van der Waals surface area (Å²) in [7, 11) is 0. The molecule has 1 heterocycles. The minimum Gasteiger partial charge on any atom is -0.365 e. The number of hydrogen-bond donors (Lipinski definition) is 3. The highest BCUT2D eigenvalue weighted by Gasteiger charge is 2.06. The Morgan fingerprint density at radius 1 is 1.73 bits per heavy atom. The molecule has 0 aromatic carbocycles. The number of amides is 1. The second-order valence-electron chi connectivity index (χ2n) is 1.88. The third-order valence-corrected chi connectivity index (χ3v) is 1.18. The molecule has 0 aliphatic rings. The molecule has 0 saturated heterocycles. The Morgan fingerprint density at radius 3 is 2.91 bits per heavy atom. The topological polar surface area (TPSA) is 88.2 Å². The number of anilines is 1. The molecule has 1 amide bonds. The van der Waals surface area contributed by atoms with E-state index in [1.807, 2.05) is 0 Å². The van der Waals surface area contributed by atoms with Crippen LogP contribution in [-0.2, 0) is 0 Å². The van der Waals surface area contributed by atoms with Gasteiger partial charge >= 0.3 is 0 Å². The summed E-state index contributed by atoms with van der Waals surface area (Å²) in [6.07, 6.45) is 1.44. The lowest BCUT2D eigenvalue weighted by Crippen LogP contribution is -2.14. The lowest BCUT2D eigenvalue weighted by atomic mass is 10.2. The molecule has 0 aliphatic carbocycles. The highest BCUT2D eigenvalue weighted by atomic mass is 16.5. The molecule has 0 unspecified atom stereocenters. The van der Waals surface area contributed by atoms with Crippen molar-refractivity contribution in [3.8, 4) is 0 Å². The van der Waals surface area contributed by atoms with E-state index < -0.39 is 5.91 Å². The largest absolute Gasteiger partial charge is 0.365 e. The fraction of sp³-hybridized carbons (Fsp3) is 0. The molecule has 5 nitrogen and oxygen atoms in total. The molecule has 1 aromatic rings. The van der Waals surface area contributed by atoms with E-state index in [4.69, 9.17) is 10.9 Å². The van der Waals surface area contributed by atoms with Gasteiger partial charge in [-0.15, -0.1) is 0 Å². The number of nitrogens with two attached hydrogens (primary N) is 1. The van der Waals surface area contributed by atoms with E-state index in [0.29, 0.717) is 0 Å². The molecule has 0 saturated carbocycles. The summed E-state index contributed by atoms with van der Waals surface area (Å²) >= 11 is 0. The second-order valence-corrected chi connectivity index (χ2v) is 1.88. The Labute approximate surface area is 62.8 Å². The predicted molar refractivity (Wildman–Crippen MR) is 38.2 cm³/mol. The summed E-state index contributed by atoms with van der Waals surface area (Å²) in [5.74, 6) is -0.561. The van der Waals surface area contributed by atoms with Crippen LogP contribution < -0.4 is 11.2 Å². The van der Waals surface area contributed by atoms with Crippen LogP contribution in [0.3, 0.4) is 0 Å². The number of primary amides is 1. The van der Waals surface area contributed by atoms with E-state index in [-0.39, 0.29) is 11.4 Å². The van der Waals surface area contributed by atoms with Crippen LogP contribution in [0, 0.1) is 0 Å². The van der Waals surface area contributed by atoms with Crippen molar-refractivity contribution < 1.29 is 10.0 Å². The van der Waals surface area contributed by atoms with E-state index in [1.54, 1.807) is 11.5 Å². The van der Waals surface area contributed by atoms with Gasteiger partial charge in [0.2, 0.25) is 0 Å². The molecule has 4 N–H and O–H groups in total. The molecule has 5 heteroatoms. The SMILES string of the molecule is NC(=O)c1cccnc1NO. The van der Waals surface area contributed by atoms with E-state index in [9.17, 15) is 4.79 Å². The number of pyridine rings is 1. The number of nitrogens with zero attached hydrogens (tertiary/aromatic N) is 1. The van der Waals surface area contributed by atoms with Crippen LogP contribution in [0.5, 0.6) is 0 Å². The van der Waals surface area contributed by atoms with Gasteiger partial charge in [0.25, 0.3) is 5.91 Å². The normalized spacial score (nSPS) is 9.18. The average Bonchev–Trinajstić information content (AvgIpc) is 2.04. The van der Waals surface area contributed by atoms with Crippen molar-refractivity contribution >= 4 is 11.7 Å². The first-order valence-corrected chi connectivity index (χ1v) is 2.90. The van der Waals surface area contributed by atoms with Crippen molar-refractivity contribution in [3.05, 3.63) is 23.9 Å². The van der Waals surface area contributed by atoms with E-state index >= 15 is 0 Å². The summed E-state index contributed by atoms with van der Waals surface area (Å²) in [4.78, 5) is 14.3. The summed E-state index contributed by atoms with van der Waals surface area (Å²) in [6.45, 7) is 0. The number of rotatable bonds is 2. The Bertz CT molecular complexity index is 274. The zero-order valence-electron chi connectivity index (χ0n) is 5.61. The van der Waals surface area contributed by atoms with Gasteiger partial charge in [-0.1, -0.05) is 0 Å². The Kier molecular flexibility index (Phi) is 2.03. The monoisotopic (exact) mass is 153 g/mol.